The number of carbonyl (C=O) groups is 2. The van der Waals surface area contributed by atoms with Crippen LogP contribution in [0.1, 0.15) is 44.6 Å². The van der Waals surface area contributed by atoms with Gasteiger partial charge in [0, 0.05) is 22.6 Å². The summed E-state index contributed by atoms with van der Waals surface area (Å²) in [6.07, 6.45) is 5.05. The Morgan fingerprint density at radius 2 is 1.52 bits per heavy atom. The minimum absolute atomic E-state index is 0.00528. The van der Waals surface area contributed by atoms with E-state index >= 15 is 0 Å². The van der Waals surface area contributed by atoms with E-state index in [9.17, 15) is 18.0 Å². The van der Waals surface area contributed by atoms with Crippen molar-refractivity contribution >= 4 is 50.7 Å². The Bertz CT molecular complexity index is 1410. The summed E-state index contributed by atoms with van der Waals surface area (Å²) in [5.74, 6) is -0.813. The van der Waals surface area contributed by atoms with E-state index in [0.29, 0.717) is 21.3 Å². The van der Waals surface area contributed by atoms with Crippen LogP contribution in [-0.2, 0) is 26.2 Å². The molecule has 0 unspecified atom stereocenters. The average Bonchev–Trinajstić information content (AvgIpc) is 2.96. The van der Waals surface area contributed by atoms with Crippen LogP contribution in [0.3, 0.4) is 0 Å². The summed E-state index contributed by atoms with van der Waals surface area (Å²) in [5.41, 5.74) is 0.976. The number of hydrogen-bond acceptors (Lipinski definition) is 4. The molecule has 10 heteroatoms. The fourth-order valence-corrected chi connectivity index (χ4v) is 6.55. The molecular weight excluding hydrogens is 569 g/mol. The quantitative estimate of drug-likeness (QED) is 0.306. The molecule has 1 N–H and O–H groups in total. The van der Waals surface area contributed by atoms with Gasteiger partial charge in [-0.05, 0) is 67.8 Å². The lowest BCUT2D eigenvalue weighted by Crippen LogP contribution is -2.53. The Kier molecular flexibility index (Phi) is 10.1. The fourth-order valence-electron chi connectivity index (χ4n) is 4.82. The van der Waals surface area contributed by atoms with Gasteiger partial charge >= 0.3 is 0 Å². The van der Waals surface area contributed by atoms with Crippen LogP contribution in [-0.4, -0.2) is 43.8 Å². The number of sulfonamides is 1. The molecule has 3 aromatic carbocycles. The number of benzene rings is 3. The predicted molar refractivity (Wildman–Crippen MR) is 159 cm³/mol. The Hall–Kier alpha value is -3.07. The SMILES string of the molecule is C[C@@H](C(=O)NC1CCCCC1)N(Cc1ccccc1Cl)C(=O)CN(c1ccccc1)S(=O)(=O)c1ccc(Cl)cc1. The highest BCUT2D eigenvalue weighted by atomic mass is 35.5. The first-order chi connectivity index (χ1) is 19.2. The molecule has 1 saturated carbocycles. The molecule has 0 spiro atoms. The third-order valence-corrected chi connectivity index (χ3v) is 9.55. The topological polar surface area (TPSA) is 86.8 Å². The molecule has 2 amide bonds. The first-order valence-corrected chi connectivity index (χ1v) is 15.5. The Balaban J connectivity index is 1.66. The number of nitrogens with one attached hydrogen (secondary N) is 1. The molecule has 0 bridgehead atoms. The zero-order chi connectivity index (χ0) is 28.7. The zero-order valence-corrected chi connectivity index (χ0v) is 24.6. The molecule has 0 heterocycles. The maximum absolute atomic E-state index is 14.0. The van der Waals surface area contributed by atoms with Crippen LogP contribution < -0.4 is 9.62 Å². The number of rotatable bonds is 10. The lowest BCUT2D eigenvalue weighted by atomic mass is 9.95. The van der Waals surface area contributed by atoms with E-state index in [1.54, 1.807) is 61.5 Å². The molecule has 0 aliphatic heterocycles. The molecule has 3 aromatic rings. The van der Waals surface area contributed by atoms with Gasteiger partial charge in [-0.15, -0.1) is 0 Å². The highest BCUT2D eigenvalue weighted by Gasteiger charge is 2.33. The van der Waals surface area contributed by atoms with Gasteiger partial charge in [-0.2, -0.15) is 0 Å². The van der Waals surface area contributed by atoms with E-state index in [-0.39, 0.29) is 23.4 Å². The zero-order valence-electron chi connectivity index (χ0n) is 22.3. The number of halogens is 2. The van der Waals surface area contributed by atoms with Crippen molar-refractivity contribution in [2.24, 2.45) is 0 Å². The van der Waals surface area contributed by atoms with E-state index in [1.807, 2.05) is 0 Å². The predicted octanol–water partition coefficient (Wildman–Crippen LogP) is 6.05. The van der Waals surface area contributed by atoms with Gasteiger partial charge in [0.15, 0.2) is 0 Å². The third kappa shape index (κ3) is 7.36. The van der Waals surface area contributed by atoms with Crippen molar-refractivity contribution in [3.05, 3.63) is 94.5 Å². The van der Waals surface area contributed by atoms with E-state index in [2.05, 4.69) is 5.32 Å². The van der Waals surface area contributed by atoms with Crippen LogP contribution in [0.5, 0.6) is 0 Å². The summed E-state index contributed by atoms with van der Waals surface area (Å²) in [6.45, 7) is 1.19. The smallest absolute Gasteiger partial charge is 0.264 e. The summed E-state index contributed by atoms with van der Waals surface area (Å²) in [5, 5.41) is 3.94. The summed E-state index contributed by atoms with van der Waals surface area (Å²) in [4.78, 5) is 28.7. The number of anilines is 1. The summed E-state index contributed by atoms with van der Waals surface area (Å²) in [7, 11) is -4.15. The highest BCUT2D eigenvalue weighted by molar-refractivity contribution is 7.92. The minimum Gasteiger partial charge on any atom is -0.352 e. The van der Waals surface area contributed by atoms with Crippen LogP contribution in [0.15, 0.2) is 83.8 Å². The van der Waals surface area contributed by atoms with E-state index in [4.69, 9.17) is 23.2 Å². The maximum atomic E-state index is 14.0. The molecule has 1 aliphatic carbocycles. The lowest BCUT2D eigenvalue weighted by Gasteiger charge is -2.33. The molecule has 0 aromatic heterocycles. The van der Waals surface area contributed by atoms with Crippen LogP contribution >= 0.6 is 23.2 Å². The molecule has 0 radical (unpaired) electrons. The molecular formula is C30H33Cl2N3O4S. The minimum atomic E-state index is -4.15. The van der Waals surface area contributed by atoms with Gasteiger partial charge < -0.3 is 10.2 Å². The van der Waals surface area contributed by atoms with Gasteiger partial charge in [0.05, 0.1) is 10.6 Å². The number of nitrogens with zero attached hydrogens (tertiary/aromatic N) is 2. The molecule has 0 saturated heterocycles. The number of carbonyl (C=O) groups excluding carboxylic acids is 2. The van der Waals surface area contributed by atoms with Crippen molar-refractivity contribution < 1.29 is 18.0 Å². The summed E-state index contributed by atoms with van der Waals surface area (Å²) < 4.78 is 28.6. The van der Waals surface area contributed by atoms with E-state index in [1.165, 1.54) is 29.2 Å². The third-order valence-electron chi connectivity index (χ3n) is 7.14. The second-order valence-corrected chi connectivity index (χ2v) is 12.6. The molecule has 1 fully saturated rings. The Morgan fingerprint density at radius 1 is 0.900 bits per heavy atom. The average molecular weight is 603 g/mol. The first-order valence-electron chi connectivity index (χ1n) is 13.3. The fraction of sp³-hybridized carbons (Fsp3) is 0.333. The highest BCUT2D eigenvalue weighted by Crippen LogP contribution is 2.26. The van der Waals surface area contributed by atoms with Crippen LogP contribution in [0.4, 0.5) is 5.69 Å². The molecule has 212 valence electrons. The van der Waals surface area contributed by atoms with Gasteiger partial charge in [-0.1, -0.05) is 78.9 Å². The van der Waals surface area contributed by atoms with Crippen molar-refractivity contribution in [1.29, 1.82) is 0 Å². The second kappa shape index (κ2) is 13.5. The maximum Gasteiger partial charge on any atom is 0.264 e. The normalized spacial score (nSPS) is 14.8. The van der Waals surface area contributed by atoms with Crippen molar-refractivity contribution in [3.63, 3.8) is 0 Å². The monoisotopic (exact) mass is 601 g/mol. The van der Waals surface area contributed by atoms with Crippen molar-refractivity contribution in [2.45, 2.75) is 62.6 Å². The molecule has 4 rings (SSSR count). The van der Waals surface area contributed by atoms with Gasteiger partial charge in [-0.25, -0.2) is 8.42 Å². The molecule has 40 heavy (non-hydrogen) atoms. The standard InChI is InChI=1S/C30H33Cl2N3O4S/c1-22(30(37)33-25-11-4-2-5-12-25)34(20-23-10-8-9-15-28(23)32)29(36)21-35(26-13-6-3-7-14-26)40(38,39)27-18-16-24(31)17-19-27/h3,6-10,13-19,22,25H,2,4-5,11-12,20-21H2,1H3,(H,33,37)/t22-/m0/s1. The summed E-state index contributed by atoms with van der Waals surface area (Å²) >= 11 is 12.4. The van der Waals surface area contributed by atoms with Crippen LogP contribution in [0, 0.1) is 0 Å². The Labute approximate surface area is 246 Å². The molecule has 1 atom stereocenters. The van der Waals surface area contributed by atoms with Gasteiger partial charge in [0.25, 0.3) is 10.0 Å². The van der Waals surface area contributed by atoms with Gasteiger partial charge in [0.1, 0.15) is 12.6 Å². The van der Waals surface area contributed by atoms with Crippen molar-refractivity contribution in [2.75, 3.05) is 10.8 Å². The van der Waals surface area contributed by atoms with Crippen LogP contribution in [0.25, 0.3) is 0 Å². The summed E-state index contributed by atoms with van der Waals surface area (Å²) in [6, 6.07) is 20.5. The van der Waals surface area contributed by atoms with Crippen LogP contribution in [0.2, 0.25) is 10.0 Å². The Morgan fingerprint density at radius 3 is 2.17 bits per heavy atom. The largest absolute Gasteiger partial charge is 0.352 e. The first kappa shape index (κ1) is 29.9. The molecule has 1 aliphatic rings. The number of hydrogen-bond donors (Lipinski definition) is 1. The van der Waals surface area contributed by atoms with E-state index in [0.717, 1.165) is 36.4 Å². The van der Waals surface area contributed by atoms with E-state index < -0.39 is 28.5 Å². The number of amides is 2. The molecule has 7 nitrogen and oxygen atoms in total. The number of para-hydroxylation sites is 1. The van der Waals surface area contributed by atoms with Gasteiger partial charge in [-0.3, -0.25) is 13.9 Å². The lowest BCUT2D eigenvalue weighted by molar-refractivity contribution is -0.139. The van der Waals surface area contributed by atoms with Gasteiger partial charge in [0.2, 0.25) is 11.8 Å². The van der Waals surface area contributed by atoms with Crippen molar-refractivity contribution in [1.82, 2.24) is 10.2 Å². The van der Waals surface area contributed by atoms with Crippen molar-refractivity contribution in [3.8, 4) is 0 Å². The second-order valence-electron chi connectivity index (χ2n) is 9.93.